The Kier molecular flexibility index (Phi) is 9.97. The van der Waals surface area contributed by atoms with Gasteiger partial charge in [0.15, 0.2) is 0 Å². The maximum Gasteiger partial charge on any atom is 0.310 e. The molecular weight excluding hydrogens is 510 g/mol. The Hall–Kier alpha value is -3.16. The Morgan fingerprint density at radius 2 is 1.62 bits per heavy atom. The molecular formula is C32H41NO5S. The van der Waals surface area contributed by atoms with Crippen LogP contribution >= 0.6 is 11.3 Å². The summed E-state index contributed by atoms with van der Waals surface area (Å²) in [7, 11) is 0. The first-order valence-electron chi connectivity index (χ1n) is 13.4. The van der Waals surface area contributed by atoms with Crippen LogP contribution in [0, 0.1) is 19.8 Å². The number of aliphatic hydroxyl groups is 1. The summed E-state index contributed by atoms with van der Waals surface area (Å²) >= 11 is 1.32. The summed E-state index contributed by atoms with van der Waals surface area (Å²) < 4.78 is 11.3. The molecule has 0 spiro atoms. The second-order valence-corrected chi connectivity index (χ2v) is 12.4. The zero-order valence-corrected chi connectivity index (χ0v) is 25.1. The van der Waals surface area contributed by atoms with Crippen LogP contribution in [0.25, 0.3) is 11.1 Å². The second-order valence-electron chi connectivity index (χ2n) is 11.2. The van der Waals surface area contributed by atoms with E-state index < -0.39 is 18.1 Å². The summed E-state index contributed by atoms with van der Waals surface area (Å²) in [6, 6.07) is 16.5. The number of aliphatic hydroxyl groups excluding tert-OH is 1. The first kappa shape index (κ1) is 30.4. The van der Waals surface area contributed by atoms with Crippen molar-refractivity contribution >= 4 is 23.2 Å². The van der Waals surface area contributed by atoms with Crippen molar-refractivity contribution < 1.29 is 24.2 Å². The number of carbonyl (C=O) groups is 2. The number of carbonyl (C=O) groups excluding carboxylic acids is 2. The van der Waals surface area contributed by atoms with Crippen molar-refractivity contribution in [2.45, 2.75) is 79.6 Å². The molecule has 39 heavy (non-hydrogen) atoms. The molecule has 0 aliphatic rings. The molecule has 0 radical (unpaired) electrons. The SMILES string of the molecule is CCOC(=O)CC(O)NC(=O)c1ccc(C(Oc2cc(C)c(-c3ccc(C(C)(C)C)cc3)c(C)c2)C(C)C)s1. The van der Waals surface area contributed by atoms with Gasteiger partial charge in [-0.1, -0.05) is 58.9 Å². The molecule has 1 amide bonds. The summed E-state index contributed by atoms with van der Waals surface area (Å²) in [6.45, 7) is 16.9. The highest BCUT2D eigenvalue weighted by Crippen LogP contribution is 2.37. The van der Waals surface area contributed by atoms with Gasteiger partial charge in [0.05, 0.1) is 17.9 Å². The zero-order valence-electron chi connectivity index (χ0n) is 24.3. The molecule has 0 saturated heterocycles. The van der Waals surface area contributed by atoms with Gasteiger partial charge in [0.1, 0.15) is 18.1 Å². The lowest BCUT2D eigenvalue weighted by atomic mass is 9.85. The van der Waals surface area contributed by atoms with Crippen molar-refractivity contribution in [1.29, 1.82) is 0 Å². The van der Waals surface area contributed by atoms with E-state index in [0.717, 1.165) is 21.8 Å². The Balaban J connectivity index is 1.76. The summed E-state index contributed by atoms with van der Waals surface area (Å²) in [5.41, 5.74) is 6.08. The van der Waals surface area contributed by atoms with Gasteiger partial charge in [0.25, 0.3) is 5.91 Å². The molecule has 7 heteroatoms. The Morgan fingerprint density at radius 3 is 2.15 bits per heavy atom. The number of thiophene rings is 1. The van der Waals surface area contributed by atoms with Crippen LogP contribution in [0.3, 0.4) is 0 Å². The molecule has 210 valence electrons. The second kappa shape index (κ2) is 12.8. The number of rotatable bonds is 10. The van der Waals surface area contributed by atoms with E-state index >= 15 is 0 Å². The number of nitrogens with one attached hydrogen (secondary N) is 1. The van der Waals surface area contributed by atoms with E-state index in [4.69, 9.17) is 9.47 Å². The predicted molar refractivity (Wildman–Crippen MR) is 157 cm³/mol. The van der Waals surface area contributed by atoms with Crippen molar-refractivity contribution in [2.75, 3.05) is 6.61 Å². The maximum absolute atomic E-state index is 12.6. The molecule has 3 aromatic rings. The molecule has 6 nitrogen and oxygen atoms in total. The number of esters is 1. The fraction of sp³-hybridized carbons (Fsp3) is 0.438. The van der Waals surface area contributed by atoms with Crippen molar-refractivity contribution in [3.63, 3.8) is 0 Å². The van der Waals surface area contributed by atoms with E-state index in [-0.39, 0.29) is 30.5 Å². The topological polar surface area (TPSA) is 84.9 Å². The van der Waals surface area contributed by atoms with Crippen molar-refractivity contribution in [3.8, 4) is 16.9 Å². The minimum atomic E-state index is -1.31. The largest absolute Gasteiger partial charge is 0.485 e. The van der Waals surface area contributed by atoms with Crippen LogP contribution in [0.15, 0.2) is 48.5 Å². The predicted octanol–water partition coefficient (Wildman–Crippen LogP) is 7.11. The van der Waals surface area contributed by atoms with Gasteiger partial charge in [-0.2, -0.15) is 0 Å². The summed E-state index contributed by atoms with van der Waals surface area (Å²) in [5.74, 6) is -0.0785. The van der Waals surface area contributed by atoms with Crippen LogP contribution in [0.1, 0.15) is 85.3 Å². The minimum absolute atomic E-state index is 0.108. The first-order chi connectivity index (χ1) is 18.3. The average Bonchev–Trinajstić information content (AvgIpc) is 3.32. The smallest absolute Gasteiger partial charge is 0.310 e. The standard InChI is InChI=1S/C32H41NO5S/c1-9-37-28(35)18-27(34)33-31(36)26-15-14-25(39-26)30(19(2)3)38-24-16-20(4)29(21(5)17-24)22-10-12-23(13-11-22)32(6,7)8/h10-17,19,27,30,34H,9,18H2,1-8H3,(H,33,36). The van der Waals surface area contributed by atoms with Gasteiger partial charge in [0.2, 0.25) is 0 Å². The van der Waals surface area contributed by atoms with Crippen LogP contribution in [0.5, 0.6) is 5.75 Å². The van der Waals surface area contributed by atoms with Crippen LogP contribution in [0.2, 0.25) is 0 Å². The highest BCUT2D eigenvalue weighted by molar-refractivity contribution is 7.14. The van der Waals surface area contributed by atoms with Gasteiger partial charge in [-0.25, -0.2) is 0 Å². The van der Waals surface area contributed by atoms with Crippen LogP contribution in [-0.2, 0) is 14.9 Å². The third-order valence-electron chi connectivity index (χ3n) is 6.51. The third-order valence-corrected chi connectivity index (χ3v) is 7.65. The Bertz CT molecular complexity index is 1260. The first-order valence-corrected chi connectivity index (χ1v) is 14.2. The lowest BCUT2D eigenvalue weighted by Gasteiger charge is -2.23. The molecule has 0 saturated carbocycles. The van der Waals surface area contributed by atoms with Crippen molar-refractivity contribution in [1.82, 2.24) is 5.32 Å². The number of ether oxygens (including phenoxy) is 2. The van der Waals surface area contributed by atoms with E-state index in [1.807, 2.05) is 6.07 Å². The summed E-state index contributed by atoms with van der Waals surface area (Å²) in [5, 5.41) is 12.5. The molecule has 2 atom stereocenters. The molecule has 3 rings (SSSR count). The van der Waals surface area contributed by atoms with E-state index in [9.17, 15) is 14.7 Å². The normalized spacial score (nSPS) is 13.2. The fourth-order valence-corrected chi connectivity index (χ4v) is 5.65. The number of hydrogen-bond acceptors (Lipinski definition) is 6. The Morgan fingerprint density at radius 1 is 1.00 bits per heavy atom. The van der Waals surface area contributed by atoms with E-state index in [0.29, 0.717) is 4.88 Å². The van der Waals surface area contributed by atoms with Gasteiger partial charge in [-0.05, 0) is 84.2 Å². The van der Waals surface area contributed by atoms with Gasteiger partial charge < -0.3 is 19.9 Å². The minimum Gasteiger partial charge on any atom is -0.485 e. The highest BCUT2D eigenvalue weighted by atomic mass is 32.1. The average molecular weight is 552 g/mol. The van der Waals surface area contributed by atoms with Crippen molar-refractivity contribution in [2.24, 2.45) is 5.92 Å². The number of hydrogen-bond donors (Lipinski definition) is 2. The van der Waals surface area contributed by atoms with E-state index in [1.165, 1.54) is 28.0 Å². The zero-order chi connectivity index (χ0) is 28.9. The molecule has 0 bridgehead atoms. The molecule has 0 aliphatic heterocycles. The molecule has 0 aliphatic carbocycles. The molecule has 1 aromatic heterocycles. The van der Waals surface area contributed by atoms with Gasteiger partial charge in [-0.15, -0.1) is 11.3 Å². The highest BCUT2D eigenvalue weighted by Gasteiger charge is 2.24. The van der Waals surface area contributed by atoms with Crippen LogP contribution < -0.4 is 10.1 Å². The Labute approximate surface area is 236 Å². The monoisotopic (exact) mass is 551 g/mol. The number of amides is 1. The lowest BCUT2D eigenvalue weighted by molar-refractivity contribution is -0.145. The van der Waals surface area contributed by atoms with Gasteiger partial charge in [0, 0.05) is 4.88 Å². The van der Waals surface area contributed by atoms with Gasteiger partial charge in [-0.3, -0.25) is 9.59 Å². The summed E-state index contributed by atoms with van der Waals surface area (Å²) in [6.07, 6.45) is -1.87. The fourth-order valence-electron chi connectivity index (χ4n) is 4.53. The summed E-state index contributed by atoms with van der Waals surface area (Å²) in [4.78, 5) is 25.6. The van der Waals surface area contributed by atoms with E-state index in [1.54, 1.807) is 13.0 Å². The van der Waals surface area contributed by atoms with Gasteiger partial charge >= 0.3 is 5.97 Å². The van der Waals surface area contributed by atoms with Crippen molar-refractivity contribution in [3.05, 3.63) is 75.0 Å². The van der Waals surface area contributed by atoms with Crippen LogP contribution in [-0.4, -0.2) is 29.8 Å². The molecule has 2 aromatic carbocycles. The quantitative estimate of drug-likeness (QED) is 0.207. The maximum atomic E-state index is 12.6. The number of aryl methyl sites for hydroxylation is 2. The molecule has 2 N–H and O–H groups in total. The molecule has 2 unspecified atom stereocenters. The molecule has 0 fully saturated rings. The molecule has 1 heterocycles. The number of benzene rings is 2. The van der Waals surface area contributed by atoms with E-state index in [2.05, 4.69) is 90.2 Å². The third kappa shape index (κ3) is 7.93. The lowest BCUT2D eigenvalue weighted by Crippen LogP contribution is -2.36. The van der Waals surface area contributed by atoms with Crippen LogP contribution in [0.4, 0.5) is 0 Å².